The maximum atomic E-state index is 12.2. The average Bonchev–Trinajstić information content (AvgIpc) is 2.49. The van der Waals surface area contributed by atoms with Crippen LogP contribution >= 0.6 is 0 Å². The Morgan fingerprint density at radius 1 is 1.32 bits per heavy atom. The summed E-state index contributed by atoms with van der Waals surface area (Å²) < 4.78 is 0. The van der Waals surface area contributed by atoms with E-state index in [4.69, 9.17) is 5.73 Å². The lowest BCUT2D eigenvalue weighted by atomic mass is 9.84. The molecule has 110 valence electrons. The Labute approximate surface area is 116 Å². The molecule has 0 bridgehead atoms. The second-order valence-electron chi connectivity index (χ2n) is 6.19. The van der Waals surface area contributed by atoms with Crippen LogP contribution in [0.5, 0.6) is 0 Å². The summed E-state index contributed by atoms with van der Waals surface area (Å²) >= 11 is 0. The fourth-order valence-corrected chi connectivity index (χ4v) is 2.32. The molecule has 1 heterocycles. The zero-order chi connectivity index (χ0) is 14.5. The molecule has 19 heavy (non-hydrogen) atoms. The molecule has 5 nitrogen and oxygen atoms in total. The van der Waals surface area contributed by atoms with Gasteiger partial charge in [-0.05, 0) is 31.2 Å². The highest BCUT2D eigenvalue weighted by atomic mass is 16.2. The molecule has 0 aromatic heterocycles. The maximum absolute atomic E-state index is 12.2. The topological polar surface area (TPSA) is 66.6 Å². The Morgan fingerprint density at radius 3 is 2.63 bits per heavy atom. The zero-order valence-corrected chi connectivity index (χ0v) is 12.4. The second-order valence-corrected chi connectivity index (χ2v) is 6.19. The molecule has 1 aliphatic heterocycles. The molecule has 0 unspecified atom stereocenters. The van der Waals surface area contributed by atoms with Gasteiger partial charge in [-0.3, -0.25) is 9.59 Å². The largest absolute Gasteiger partial charge is 0.344 e. The Kier molecular flexibility index (Phi) is 5.79. The van der Waals surface area contributed by atoms with Crippen molar-refractivity contribution in [2.75, 3.05) is 33.2 Å². The summed E-state index contributed by atoms with van der Waals surface area (Å²) in [7, 11) is 1.79. The van der Waals surface area contributed by atoms with E-state index in [2.05, 4.69) is 13.8 Å². The van der Waals surface area contributed by atoms with Crippen LogP contribution in [0.4, 0.5) is 0 Å². The van der Waals surface area contributed by atoms with Crippen molar-refractivity contribution in [3.63, 3.8) is 0 Å². The van der Waals surface area contributed by atoms with Gasteiger partial charge in [-0.2, -0.15) is 0 Å². The van der Waals surface area contributed by atoms with Crippen LogP contribution in [0.1, 0.15) is 39.5 Å². The second kappa shape index (κ2) is 6.89. The first-order chi connectivity index (χ1) is 8.85. The molecule has 2 N–H and O–H groups in total. The number of hydrogen-bond donors (Lipinski definition) is 1. The minimum Gasteiger partial charge on any atom is -0.344 e. The summed E-state index contributed by atoms with van der Waals surface area (Å²) in [5.74, 6) is 0.126. The monoisotopic (exact) mass is 269 g/mol. The van der Waals surface area contributed by atoms with Gasteiger partial charge < -0.3 is 15.5 Å². The Balaban J connectivity index is 2.47. The van der Waals surface area contributed by atoms with E-state index in [0.29, 0.717) is 19.5 Å². The number of carbonyl (C=O) groups is 2. The van der Waals surface area contributed by atoms with Gasteiger partial charge >= 0.3 is 0 Å². The van der Waals surface area contributed by atoms with Crippen LogP contribution in [0, 0.1) is 5.41 Å². The van der Waals surface area contributed by atoms with E-state index in [1.54, 1.807) is 16.8 Å². The van der Waals surface area contributed by atoms with Crippen LogP contribution in [0.2, 0.25) is 0 Å². The van der Waals surface area contributed by atoms with Gasteiger partial charge in [0.25, 0.3) is 0 Å². The third-order valence-corrected chi connectivity index (χ3v) is 3.86. The van der Waals surface area contributed by atoms with Gasteiger partial charge in [0.05, 0.1) is 6.54 Å². The molecule has 1 fully saturated rings. The van der Waals surface area contributed by atoms with Crippen LogP contribution in [-0.4, -0.2) is 54.8 Å². The molecule has 2 amide bonds. The molecule has 5 heteroatoms. The standard InChI is InChI=1S/C14H27N3O2/c1-14(2,7-8-15)6-5-12(18)17-10-4-9-16(3)13(19)11-17/h4-11,15H2,1-3H3. The highest BCUT2D eigenvalue weighted by Gasteiger charge is 2.24. The lowest BCUT2D eigenvalue weighted by Crippen LogP contribution is -2.38. The van der Waals surface area contributed by atoms with Gasteiger partial charge in [0.15, 0.2) is 0 Å². The lowest BCUT2D eigenvalue weighted by Gasteiger charge is -2.26. The molecule has 1 rings (SSSR count). The van der Waals surface area contributed by atoms with E-state index >= 15 is 0 Å². The lowest BCUT2D eigenvalue weighted by molar-refractivity contribution is -0.138. The predicted molar refractivity (Wildman–Crippen MR) is 75.5 cm³/mol. The normalized spacial score (nSPS) is 17.6. The number of likely N-dealkylation sites (N-methyl/N-ethyl adjacent to an activating group) is 1. The summed E-state index contributed by atoms with van der Waals surface area (Å²) in [4.78, 5) is 27.3. The smallest absolute Gasteiger partial charge is 0.241 e. The highest BCUT2D eigenvalue weighted by Crippen LogP contribution is 2.26. The van der Waals surface area contributed by atoms with Crippen LogP contribution in [0.15, 0.2) is 0 Å². The van der Waals surface area contributed by atoms with Gasteiger partial charge in [0, 0.05) is 26.6 Å². The Hall–Kier alpha value is -1.10. The molecule has 0 aliphatic carbocycles. The third-order valence-electron chi connectivity index (χ3n) is 3.86. The number of hydrogen-bond acceptors (Lipinski definition) is 3. The number of carbonyl (C=O) groups excluding carboxylic acids is 2. The van der Waals surface area contributed by atoms with E-state index in [0.717, 1.165) is 25.8 Å². The minimum atomic E-state index is 0.0343. The molecule has 0 saturated carbocycles. The van der Waals surface area contributed by atoms with Crippen LogP contribution in [0.3, 0.4) is 0 Å². The van der Waals surface area contributed by atoms with Gasteiger partial charge in [-0.25, -0.2) is 0 Å². The molecule has 0 aromatic carbocycles. The van der Waals surface area contributed by atoms with Gasteiger partial charge in [0.1, 0.15) is 0 Å². The molecular weight excluding hydrogens is 242 g/mol. The summed E-state index contributed by atoms with van der Waals surface area (Å²) in [6.45, 7) is 6.57. The molecular formula is C14H27N3O2. The first-order valence-corrected chi connectivity index (χ1v) is 7.07. The summed E-state index contributed by atoms with van der Waals surface area (Å²) in [6, 6.07) is 0. The average molecular weight is 269 g/mol. The van der Waals surface area contributed by atoms with Crippen LogP contribution in [0.25, 0.3) is 0 Å². The molecule has 0 aromatic rings. The van der Waals surface area contributed by atoms with E-state index in [1.807, 2.05) is 0 Å². The van der Waals surface area contributed by atoms with Crippen molar-refractivity contribution in [1.29, 1.82) is 0 Å². The fourth-order valence-electron chi connectivity index (χ4n) is 2.32. The first kappa shape index (κ1) is 16.0. The van der Waals surface area contributed by atoms with E-state index in [-0.39, 0.29) is 23.8 Å². The van der Waals surface area contributed by atoms with Gasteiger partial charge in [0.2, 0.25) is 11.8 Å². The summed E-state index contributed by atoms with van der Waals surface area (Å²) in [6.07, 6.45) is 3.11. The number of amides is 2. The third kappa shape index (κ3) is 5.19. The highest BCUT2D eigenvalue weighted by molar-refractivity contribution is 5.85. The first-order valence-electron chi connectivity index (χ1n) is 7.07. The SMILES string of the molecule is CN1CCCN(C(=O)CCC(C)(C)CCN)CC1=O. The number of nitrogens with zero attached hydrogens (tertiary/aromatic N) is 2. The molecule has 0 radical (unpaired) electrons. The molecule has 0 spiro atoms. The van der Waals surface area contributed by atoms with Gasteiger partial charge in [-0.1, -0.05) is 13.8 Å². The molecule has 1 saturated heterocycles. The van der Waals surface area contributed by atoms with Crippen LogP contribution < -0.4 is 5.73 Å². The van der Waals surface area contributed by atoms with Crippen molar-refractivity contribution in [2.24, 2.45) is 11.1 Å². The minimum absolute atomic E-state index is 0.0343. The van der Waals surface area contributed by atoms with Crippen molar-refractivity contribution in [3.05, 3.63) is 0 Å². The van der Waals surface area contributed by atoms with Crippen molar-refractivity contribution >= 4 is 11.8 Å². The quantitative estimate of drug-likeness (QED) is 0.804. The molecule has 0 atom stereocenters. The number of nitrogens with two attached hydrogens (primary N) is 1. The zero-order valence-electron chi connectivity index (χ0n) is 12.4. The van der Waals surface area contributed by atoms with Crippen molar-refractivity contribution < 1.29 is 9.59 Å². The summed E-state index contributed by atoms with van der Waals surface area (Å²) in [5.41, 5.74) is 5.67. The maximum Gasteiger partial charge on any atom is 0.241 e. The molecule has 1 aliphatic rings. The fraction of sp³-hybridized carbons (Fsp3) is 0.857. The van der Waals surface area contributed by atoms with Crippen molar-refractivity contribution in [2.45, 2.75) is 39.5 Å². The van der Waals surface area contributed by atoms with Crippen LogP contribution in [-0.2, 0) is 9.59 Å². The van der Waals surface area contributed by atoms with Crippen molar-refractivity contribution in [1.82, 2.24) is 9.80 Å². The van der Waals surface area contributed by atoms with Crippen molar-refractivity contribution in [3.8, 4) is 0 Å². The van der Waals surface area contributed by atoms with E-state index in [1.165, 1.54) is 0 Å². The Morgan fingerprint density at radius 2 is 2.00 bits per heavy atom. The summed E-state index contributed by atoms with van der Waals surface area (Å²) in [5, 5.41) is 0. The number of rotatable bonds is 5. The van der Waals surface area contributed by atoms with E-state index in [9.17, 15) is 9.59 Å². The Bertz CT molecular complexity index is 329. The van der Waals surface area contributed by atoms with E-state index < -0.39 is 0 Å². The van der Waals surface area contributed by atoms with Gasteiger partial charge in [-0.15, -0.1) is 0 Å². The predicted octanol–water partition coefficient (Wildman–Crippen LogP) is 0.832.